The number of amides is 2. The number of carboxylic acids is 1. The Morgan fingerprint density at radius 1 is 1.33 bits per heavy atom. The molecule has 0 radical (unpaired) electrons. The van der Waals surface area contributed by atoms with Gasteiger partial charge >= 0.3 is 12.0 Å². The van der Waals surface area contributed by atoms with Gasteiger partial charge in [0, 0.05) is 25.8 Å². The second kappa shape index (κ2) is 6.92. The van der Waals surface area contributed by atoms with Crippen molar-refractivity contribution < 1.29 is 14.7 Å². The highest BCUT2D eigenvalue weighted by atomic mass is 35.5. The van der Waals surface area contributed by atoms with Gasteiger partial charge in [0.05, 0.1) is 22.8 Å². The molecule has 1 unspecified atom stereocenters. The summed E-state index contributed by atoms with van der Waals surface area (Å²) in [6, 6.07) is 6.44. The zero-order chi connectivity index (χ0) is 17.1. The van der Waals surface area contributed by atoms with Gasteiger partial charge in [-0.2, -0.15) is 5.10 Å². The van der Waals surface area contributed by atoms with E-state index in [1.165, 1.54) is 12.1 Å². The quantitative estimate of drug-likeness (QED) is 0.888. The van der Waals surface area contributed by atoms with Crippen molar-refractivity contribution in [2.75, 3.05) is 13.1 Å². The third-order valence-corrected chi connectivity index (χ3v) is 4.23. The van der Waals surface area contributed by atoms with Crippen LogP contribution in [0.15, 0.2) is 36.7 Å². The topological polar surface area (TPSA) is 87.5 Å². The van der Waals surface area contributed by atoms with E-state index in [0.717, 1.165) is 12.0 Å². The Morgan fingerprint density at radius 3 is 2.71 bits per heavy atom. The summed E-state index contributed by atoms with van der Waals surface area (Å²) in [5, 5.41) is 16.5. The number of rotatable bonds is 4. The Balaban J connectivity index is 1.51. The Morgan fingerprint density at radius 2 is 2.08 bits per heavy atom. The molecule has 1 saturated heterocycles. The second-order valence-electron chi connectivity index (χ2n) is 5.69. The van der Waals surface area contributed by atoms with Crippen LogP contribution >= 0.6 is 11.6 Å². The van der Waals surface area contributed by atoms with Crippen molar-refractivity contribution in [2.45, 2.75) is 19.0 Å². The fourth-order valence-electron chi connectivity index (χ4n) is 2.71. The van der Waals surface area contributed by atoms with Crippen molar-refractivity contribution in [2.24, 2.45) is 0 Å². The molecular weight excluding hydrogens is 332 g/mol. The maximum Gasteiger partial charge on any atom is 0.335 e. The van der Waals surface area contributed by atoms with Crippen LogP contribution in [-0.4, -0.2) is 44.9 Å². The van der Waals surface area contributed by atoms with E-state index in [9.17, 15) is 9.59 Å². The fourth-order valence-corrected chi connectivity index (χ4v) is 2.86. The first-order valence-electron chi connectivity index (χ1n) is 7.57. The van der Waals surface area contributed by atoms with Gasteiger partial charge < -0.3 is 15.3 Å². The van der Waals surface area contributed by atoms with E-state index in [-0.39, 0.29) is 17.6 Å². The van der Waals surface area contributed by atoms with Crippen LogP contribution in [0, 0.1) is 0 Å². The van der Waals surface area contributed by atoms with Crippen LogP contribution in [0.4, 0.5) is 4.79 Å². The second-order valence-corrected chi connectivity index (χ2v) is 6.12. The van der Waals surface area contributed by atoms with Crippen molar-refractivity contribution in [1.82, 2.24) is 20.0 Å². The normalized spacial score (nSPS) is 17.0. The smallest absolute Gasteiger partial charge is 0.335 e. The van der Waals surface area contributed by atoms with Gasteiger partial charge in [0.25, 0.3) is 0 Å². The highest BCUT2D eigenvalue weighted by Gasteiger charge is 2.27. The molecule has 1 aliphatic heterocycles. The molecule has 3 rings (SSSR count). The number of carbonyl (C=O) groups is 2. The summed E-state index contributed by atoms with van der Waals surface area (Å²) in [4.78, 5) is 24.8. The van der Waals surface area contributed by atoms with Gasteiger partial charge in [0.15, 0.2) is 0 Å². The van der Waals surface area contributed by atoms with Crippen LogP contribution < -0.4 is 5.32 Å². The molecule has 2 heterocycles. The predicted molar refractivity (Wildman–Crippen MR) is 88.1 cm³/mol. The summed E-state index contributed by atoms with van der Waals surface area (Å²) >= 11 is 5.87. The summed E-state index contributed by atoms with van der Waals surface area (Å²) in [7, 11) is 0. The molecule has 2 N–H and O–H groups in total. The number of aromatic carboxylic acids is 1. The van der Waals surface area contributed by atoms with Crippen molar-refractivity contribution in [1.29, 1.82) is 0 Å². The minimum Gasteiger partial charge on any atom is -0.478 e. The zero-order valence-electron chi connectivity index (χ0n) is 12.9. The number of benzene rings is 1. The number of aromatic nitrogens is 2. The lowest BCUT2D eigenvalue weighted by Gasteiger charge is -2.17. The molecule has 2 aromatic rings. The highest BCUT2D eigenvalue weighted by Crippen LogP contribution is 2.22. The number of hydrogen-bond donors (Lipinski definition) is 2. The molecule has 8 heteroatoms. The van der Waals surface area contributed by atoms with Crippen molar-refractivity contribution in [3.63, 3.8) is 0 Å². The molecule has 0 bridgehead atoms. The van der Waals surface area contributed by atoms with Crippen LogP contribution in [0.1, 0.15) is 28.4 Å². The Hall–Kier alpha value is -2.54. The highest BCUT2D eigenvalue weighted by molar-refractivity contribution is 6.30. The third kappa shape index (κ3) is 3.68. The number of carboxylic acid groups (broad SMARTS) is 1. The first kappa shape index (κ1) is 16.3. The van der Waals surface area contributed by atoms with Gasteiger partial charge in [-0.1, -0.05) is 23.7 Å². The fraction of sp³-hybridized carbons (Fsp3) is 0.312. The summed E-state index contributed by atoms with van der Waals surface area (Å²) < 4.78 is 1.79. The standard InChI is InChI=1S/C16H17ClN4O3/c17-13-8-19-21(9-13)14-5-6-20(10-14)16(24)18-7-11-1-3-12(4-2-11)15(22)23/h1-4,8-9,14H,5-7,10H2,(H,18,24)(H,22,23). The van der Waals surface area contributed by atoms with Crippen molar-refractivity contribution >= 4 is 23.6 Å². The molecule has 0 saturated carbocycles. The molecule has 1 fully saturated rings. The third-order valence-electron chi connectivity index (χ3n) is 4.04. The maximum absolute atomic E-state index is 12.2. The van der Waals surface area contributed by atoms with E-state index in [1.807, 2.05) is 0 Å². The van der Waals surface area contributed by atoms with Gasteiger partial charge in [-0.25, -0.2) is 9.59 Å². The molecule has 1 aromatic heterocycles. The monoisotopic (exact) mass is 348 g/mol. The molecule has 2 amide bonds. The maximum atomic E-state index is 12.2. The summed E-state index contributed by atoms with van der Waals surface area (Å²) in [6.45, 7) is 1.60. The number of halogens is 1. The number of hydrogen-bond acceptors (Lipinski definition) is 3. The van der Waals surface area contributed by atoms with Crippen LogP contribution in [0.3, 0.4) is 0 Å². The molecule has 1 atom stereocenters. The zero-order valence-corrected chi connectivity index (χ0v) is 13.6. The largest absolute Gasteiger partial charge is 0.478 e. The lowest BCUT2D eigenvalue weighted by Crippen LogP contribution is -2.38. The van der Waals surface area contributed by atoms with Gasteiger partial charge in [-0.05, 0) is 24.1 Å². The first-order valence-corrected chi connectivity index (χ1v) is 7.95. The lowest BCUT2D eigenvalue weighted by molar-refractivity contribution is 0.0697. The Kier molecular flexibility index (Phi) is 4.71. The van der Waals surface area contributed by atoms with Crippen molar-refractivity contribution in [3.05, 3.63) is 52.8 Å². The number of nitrogens with one attached hydrogen (secondary N) is 1. The van der Waals surface area contributed by atoms with E-state index in [2.05, 4.69) is 10.4 Å². The van der Waals surface area contributed by atoms with E-state index in [4.69, 9.17) is 16.7 Å². The summed E-state index contributed by atoms with van der Waals surface area (Å²) in [5.41, 5.74) is 1.08. The first-order chi connectivity index (χ1) is 11.5. The average molecular weight is 349 g/mol. The summed E-state index contributed by atoms with van der Waals surface area (Å²) in [6.07, 6.45) is 4.18. The molecule has 24 heavy (non-hydrogen) atoms. The van der Waals surface area contributed by atoms with E-state index >= 15 is 0 Å². The van der Waals surface area contributed by atoms with E-state index in [1.54, 1.807) is 34.1 Å². The lowest BCUT2D eigenvalue weighted by atomic mass is 10.1. The van der Waals surface area contributed by atoms with Gasteiger partial charge in [0.2, 0.25) is 0 Å². The SMILES string of the molecule is O=C(O)c1ccc(CNC(=O)N2CCC(n3cc(Cl)cn3)C2)cc1. The Labute approximate surface area is 143 Å². The Bertz CT molecular complexity index is 744. The molecule has 0 aliphatic carbocycles. The van der Waals surface area contributed by atoms with Gasteiger partial charge in [0.1, 0.15) is 0 Å². The molecular formula is C16H17ClN4O3. The predicted octanol–water partition coefficient (Wildman–Crippen LogP) is 2.39. The average Bonchev–Trinajstić information content (AvgIpc) is 3.22. The number of urea groups is 1. The van der Waals surface area contributed by atoms with Crippen LogP contribution in [-0.2, 0) is 6.54 Å². The molecule has 1 aromatic carbocycles. The molecule has 1 aliphatic rings. The van der Waals surface area contributed by atoms with Gasteiger partial charge in [-0.15, -0.1) is 0 Å². The minimum atomic E-state index is -0.965. The molecule has 126 valence electrons. The number of carbonyl (C=O) groups excluding carboxylic acids is 1. The van der Waals surface area contributed by atoms with E-state index < -0.39 is 5.97 Å². The van der Waals surface area contributed by atoms with Gasteiger partial charge in [-0.3, -0.25) is 4.68 Å². The van der Waals surface area contributed by atoms with Crippen LogP contribution in [0.5, 0.6) is 0 Å². The molecule has 7 nitrogen and oxygen atoms in total. The number of likely N-dealkylation sites (tertiary alicyclic amines) is 1. The minimum absolute atomic E-state index is 0.137. The summed E-state index contributed by atoms with van der Waals surface area (Å²) in [5.74, 6) is -0.965. The van der Waals surface area contributed by atoms with Crippen LogP contribution in [0.25, 0.3) is 0 Å². The van der Waals surface area contributed by atoms with E-state index in [0.29, 0.717) is 24.7 Å². The molecule has 0 spiro atoms. The van der Waals surface area contributed by atoms with Crippen molar-refractivity contribution in [3.8, 4) is 0 Å². The number of nitrogens with zero attached hydrogens (tertiary/aromatic N) is 3. The van der Waals surface area contributed by atoms with Crippen LogP contribution in [0.2, 0.25) is 5.02 Å².